The number of hydrogen-bond donors (Lipinski definition) is 1. The molecule has 0 bridgehead atoms. The zero-order valence-electron chi connectivity index (χ0n) is 20.7. The number of nitrogens with one attached hydrogen (secondary N) is 1. The van der Waals surface area contributed by atoms with E-state index < -0.39 is 0 Å². The molecule has 7 heteroatoms. The van der Waals surface area contributed by atoms with E-state index in [1.807, 2.05) is 23.1 Å². The van der Waals surface area contributed by atoms with Crippen LogP contribution in [0.5, 0.6) is 0 Å². The summed E-state index contributed by atoms with van der Waals surface area (Å²) in [6.07, 6.45) is 5.18. The van der Waals surface area contributed by atoms with E-state index in [0.29, 0.717) is 38.3 Å². The summed E-state index contributed by atoms with van der Waals surface area (Å²) in [5.41, 5.74) is 1.16. The second-order valence-corrected chi connectivity index (χ2v) is 10.3. The Balaban J connectivity index is 1.42. The van der Waals surface area contributed by atoms with Gasteiger partial charge < -0.3 is 24.6 Å². The molecule has 1 unspecified atom stereocenters. The molecule has 2 saturated heterocycles. The minimum Gasteiger partial charge on any atom is -0.348 e. The van der Waals surface area contributed by atoms with Crippen molar-refractivity contribution < 1.29 is 14.3 Å². The zero-order valence-corrected chi connectivity index (χ0v) is 20.7. The van der Waals surface area contributed by atoms with Crippen LogP contribution in [0, 0.1) is 5.92 Å². The highest BCUT2D eigenvalue weighted by Crippen LogP contribution is 2.44. The Bertz CT molecular complexity index is 753. The Morgan fingerprint density at radius 3 is 2.64 bits per heavy atom. The average Bonchev–Trinajstić information content (AvgIpc) is 3.24. The van der Waals surface area contributed by atoms with E-state index in [1.165, 1.54) is 0 Å². The summed E-state index contributed by atoms with van der Waals surface area (Å²) >= 11 is 0. The molecule has 4 rings (SSSR count). The molecule has 3 fully saturated rings. The van der Waals surface area contributed by atoms with Gasteiger partial charge in [0.15, 0.2) is 5.79 Å². The van der Waals surface area contributed by atoms with Gasteiger partial charge in [-0.15, -0.1) is 0 Å². The molecule has 1 saturated carbocycles. The van der Waals surface area contributed by atoms with Gasteiger partial charge >= 0.3 is 6.03 Å². The van der Waals surface area contributed by atoms with Crippen LogP contribution < -0.4 is 5.32 Å². The molecule has 2 heterocycles. The van der Waals surface area contributed by atoms with Gasteiger partial charge in [0.25, 0.3) is 0 Å². The molecular weight excluding hydrogens is 416 g/mol. The van der Waals surface area contributed by atoms with Gasteiger partial charge in [0.2, 0.25) is 0 Å². The van der Waals surface area contributed by atoms with Crippen molar-refractivity contribution in [1.29, 1.82) is 0 Å². The van der Waals surface area contributed by atoms with Gasteiger partial charge in [-0.2, -0.15) is 0 Å². The van der Waals surface area contributed by atoms with E-state index in [4.69, 9.17) is 9.47 Å². The van der Waals surface area contributed by atoms with Gasteiger partial charge in [-0.05, 0) is 51.4 Å². The smallest absolute Gasteiger partial charge is 0.318 e. The lowest BCUT2D eigenvalue weighted by molar-refractivity contribution is -0.201. The van der Waals surface area contributed by atoms with Crippen molar-refractivity contribution in [3.8, 4) is 0 Å². The van der Waals surface area contributed by atoms with Crippen LogP contribution in [-0.4, -0.2) is 92.1 Å². The van der Waals surface area contributed by atoms with Crippen molar-refractivity contribution in [3.63, 3.8) is 0 Å². The molecular formula is C26H42N4O3. The molecule has 184 valence electrons. The Morgan fingerprint density at radius 1 is 1.18 bits per heavy atom. The van der Waals surface area contributed by atoms with Crippen molar-refractivity contribution in [1.82, 2.24) is 20.0 Å². The molecule has 3 aliphatic rings. The van der Waals surface area contributed by atoms with Crippen molar-refractivity contribution in [3.05, 3.63) is 35.9 Å². The third-order valence-electron chi connectivity index (χ3n) is 7.42. The largest absolute Gasteiger partial charge is 0.348 e. The first-order chi connectivity index (χ1) is 16.0. The molecule has 2 aliphatic heterocycles. The van der Waals surface area contributed by atoms with Gasteiger partial charge in [0.1, 0.15) is 0 Å². The normalized spacial score (nSPS) is 27.0. The van der Waals surface area contributed by atoms with Crippen molar-refractivity contribution in [2.45, 2.75) is 63.4 Å². The summed E-state index contributed by atoms with van der Waals surface area (Å²) in [6.45, 7) is 7.84. The molecule has 1 N–H and O–H groups in total. The van der Waals surface area contributed by atoms with Crippen molar-refractivity contribution >= 4 is 6.03 Å². The fraction of sp³-hybridized carbons (Fsp3) is 0.731. The van der Waals surface area contributed by atoms with E-state index >= 15 is 0 Å². The fourth-order valence-electron chi connectivity index (χ4n) is 5.87. The quantitative estimate of drug-likeness (QED) is 0.649. The number of carbonyl (C=O) groups excluding carboxylic acids is 1. The maximum Gasteiger partial charge on any atom is 0.318 e. The molecule has 3 atom stereocenters. The minimum atomic E-state index is -0.379. The highest BCUT2D eigenvalue weighted by molar-refractivity contribution is 5.74. The van der Waals surface area contributed by atoms with Crippen LogP contribution in [0.15, 0.2) is 30.3 Å². The fourth-order valence-corrected chi connectivity index (χ4v) is 5.87. The molecule has 0 aromatic heterocycles. The van der Waals surface area contributed by atoms with Crippen LogP contribution in [0.3, 0.4) is 0 Å². The summed E-state index contributed by atoms with van der Waals surface area (Å²) in [7, 11) is 4.10. The monoisotopic (exact) mass is 458 g/mol. The number of rotatable bonds is 8. The van der Waals surface area contributed by atoms with Gasteiger partial charge in [0.05, 0.1) is 13.2 Å². The number of fused-ring (bicyclic) bond motifs is 1. The first-order valence-electron chi connectivity index (χ1n) is 12.7. The Kier molecular flexibility index (Phi) is 8.28. The maximum absolute atomic E-state index is 13.4. The van der Waals surface area contributed by atoms with Crippen LogP contribution in [0.4, 0.5) is 4.79 Å². The average molecular weight is 459 g/mol. The summed E-state index contributed by atoms with van der Waals surface area (Å²) < 4.78 is 12.1. The van der Waals surface area contributed by atoms with E-state index in [9.17, 15) is 4.79 Å². The van der Waals surface area contributed by atoms with Gasteiger partial charge in [-0.1, -0.05) is 37.3 Å². The lowest BCUT2D eigenvalue weighted by Crippen LogP contribution is -2.60. The Morgan fingerprint density at radius 2 is 1.94 bits per heavy atom. The number of benzene rings is 1. The van der Waals surface area contributed by atoms with Gasteiger partial charge in [-0.25, -0.2) is 4.79 Å². The molecule has 0 radical (unpaired) electrons. The molecule has 33 heavy (non-hydrogen) atoms. The minimum absolute atomic E-state index is 0.0412. The lowest BCUT2D eigenvalue weighted by Gasteiger charge is -2.51. The molecule has 1 aromatic carbocycles. The van der Waals surface area contributed by atoms with Crippen molar-refractivity contribution in [2.24, 2.45) is 5.92 Å². The van der Waals surface area contributed by atoms with Crippen LogP contribution in [0.2, 0.25) is 0 Å². The first kappa shape index (κ1) is 24.5. The van der Waals surface area contributed by atoms with Gasteiger partial charge in [-0.3, -0.25) is 4.90 Å². The molecule has 2 amide bonds. The number of urea groups is 1. The van der Waals surface area contributed by atoms with Gasteiger partial charge in [0, 0.05) is 51.1 Å². The van der Waals surface area contributed by atoms with E-state index in [-0.39, 0.29) is 17.9 Å². The van der Waals surface area contributed by atoms with E-state index in [1.54, 1.807) is 0 Å². The highest BCUT2D eigenvalue weighted by Gasteiger charge is 2.49. The summed E-state index contributed by atoms with van der Waals surface area (Å²) in [4.78, 5) is 20.1. The number of carbonyl (C=O) groups is 1. The molecule has 7 nitrogen and oxygen atoms in total. The van der Waals surface area contributed by atoms with E-state index in [0.717, 1.165) is 57.3 Å². The molecule has 1 aliphatic carbocycles. The third kappa shape index (κ3) is 6.27. The SMILES string of the molecule is CCCN1CC(NC(=O)N(CCN(C)C)Cc2ccccc2)C[C@@H]2CC3(CC[C@H]21)OCCO3. The van der Waals surface area contributed by atoms with Crippen LogP contribution in [-0.2, 0) is 16.0 Å². The standard InChI is InChI=1S/C26H42N4O3/c1-4-12-29-20-23(17-22-18-26(11-10-24(22)29)32-15-16-33-26)27-25(31)30(14-13-28(2)3)19-21-8-6-5-7-9-21/h5-9,22-24H,4,10-20H2,1-3H3,(H,27,31)/t22-,23?,24-/m1/s1. The topological polar surface area (TPSA) is 57.3 Å². The summed E-state index contributed by atoms with van der Waals surface area (Å²) in [5.74, 6) is 0.113. The number of hydrogen-bond acceptors (Lipinski definition) is 5. The van der Waals surface area contributed by atoms with Crippen molar-refractivity contribution in [2.75, 3.05) is 53.5 Å². The predicted octanol–water partition coefficient (Wildman–Crippen LogP) is 3.16. The van der Waals surface area contributed by atoms with Crippen LogP contribution in [0.1, 0.15) is 44.6 Å². The number of amides is 2. The first-order valence-corrected chi connectivity index (χ1v) is 12.7. The summed E-state index contributed by atoms with van der Waals surface area (Å²) in [5, 5.41) is 3.41. The molecule has 1 spiro atoms. The zero-order chi connectivity index (χ0) is 23.3. The second-order valence-electron chi connectivity index (χ2n) is 10.3. The predicted molar refractivity (Wildman–Crippen MR) is 130 cm³/mol. The highest BCUT2D eigenvalue weighted by atomic mass is 16.7. The maximum atomic E-state index is 13.4. The number of nitrogens with zero attached hydrogens (tertiary/aromatic N) is 3. The number of likely N-dealkylation sites (tertiary alicyclic amines) is 1. The van der Waals surface area contributed by atoms with E-state index in [2.05, 4.69) is 48.3 Å². The van der Waals surface area contributed by atoms with Crippen LogP contribution in [0.25, 0.3) is 0 Å². The number of likely N-dealkylation sites (N-methyl/N-ethyl adjacent to an activating group) is 1. The molecule has 1 aromatic rings. The Hall–Kier alpha value is -1.67. The number of ether oxygens (including phenoxy) is 2. The third-order valence-corrected chi connectivity index (χ3v) is 7.42. The lowest BCUT2D eigenvalue weighted by atomic mass is 9.74. The summed E-state index contributed by atoms with van der Waals surface area (Å²) in [6, 6.07) is 11.0. The number of piperidine rings is 1. The second kappa shape index (κ2) is 11.2. The Labute approximate surface area is 199 Å². The van der Waals surface area contributed by atoms with Crippen LogP contribution >= 0.6 is 0 Å².